The molecule has 0 aliphatic carbocycles. The average molecular weight is 393 g/mol. The van der Waals surface area contributed by atoms with Gasteiger partial charge < -0.3 is 20.1 Å². The Kier molecular flexibility index (Phi) is 7.80. The summed E-state index contributed by atoms with van der Waals surface area (Å²) in [6, 6.07) is 12.2. The third-order valence-corrected chi connectivity index (χ3v) is 3.93. The second-order valence-corrected chi connectivity index (χ2v) is 6.05. The predicted octanol–water partition coefficient (Wildman–Crippen LogP) is 2.74. The highest BCUT2D eigenvalue weighted by molar-refractivity contribution is 6.45. The van der Waals surface area contributed by atoms with E-state index in [1.54, 1.807) is 37.3 Å². The van der Waals surface area contributed by atoms with E-state index in [1.807, 2.05) is 19.1 Å². The lowest BCUT2D eigenvalue weighted by molar-refractivity contribution is -0.114. The molecule has 0 bridgehead atoms. The number of nitrogens with one attached hydrogen (secondary N) is 1. The Bertz CT molecular complexity index is 1000. The number of carbonyl (C=O) groups is 1. The van der Waals surface area contributed by atoms with E-state index in [1.165, 1.54) is 14.2 Å². The van der Waals surface area contributed by atoms with Crippen LogP contribution in [0.25, 0.3) is 0 Å². The van der Waals surface area contributed by atoms with Crippen LogP contribution < -0.4 is 5.32 Å². The number of hydrogen-bond acceptors (Lipinski definition) is 6. The van der Waals surface area contributed by atoms with Gasteiger partial charge in [-0.2, -0.15) is 0 Å². The molecule has 0 aliphatic rings. The fourth-order valence-electron chi connectivity index (χ4n) is 2.50. The lowest BCUT2D eigenvalue weighted by Crippen LogP contribution is -2.29. The SMILES string of the molecule is CNC(=O)/C(=N/OC)c1cccc(C)c1CO/N=C(\C)C#Cc1cccc(O)c1. The van der Waals surface area contributed by atoms with Gasteiger partial charge >= 0.3 is 0 Å². The molecule has 7 heteroatoms. The van der Waals surface area contributed by atoms with Crippen molar-refractivity contribution in [2.75, 3.05) is 14.2 Å². The Morgan fingerprint density at radius 3 is 2.66 bits per heavy atom. The lowest BCUT2D eigenvalue weighted by atomic mass is 9.98. The topological polar surface area (TPSA) is 92.5 Å². The number of aryl methyl sites for hydroxylation is 1. The first-order valence-electron chi connectivity index (χ1n) is 8.86. The number of likely N-dealkylation sites (N-methyl/N-ethyl adjacent to an activating group) is 1. The minimum atomic E-state index is -0.365. The Balaban J connectivity index is 2.19. The lowest BCUT2D eigenvalue weighted by Gasteiger charge is -2.12. The van der Waals surface area contributed by atoms with Crippen molar-refractivity contribution in [1.82, 2.24) is 5.32 Å². The number of amides is 1. The van der Waals surface area contributed by atoms with Crippen molar-refractivity contribution in [1.29, 1.82) is 0 Å². The predicted molar refractivity (Wildman–Crippen MR) is 112 cm³/mol. The number of carbonyl (C=O) groups excluding carboxylic acids is 1. The summed E-state index contributed by atoms with van der Waals surface area (Å²) in [5.74, 6) is 5.56. The summed E-state index contributed by atoms with van der Waals surface area (Å²) >= 11 is 0. The average Bonchev–Trinajstić information content (AvgIpc) is 2.71. The Labute approximate surface area is 170 Å². The molecule has 2 aromatic rings. The number of phenolic OH excluding ortho intramolecular Hbond substituents is 1. The summed E-state index contributed by atoms with van der Waals surface area (Å²) in [4.78, 5) is 22.5. The van der Waals surface area contributed by atoms with Crippen LogP contribution in [0.1, 0.15) is 29.2 Å². The van der Waals surface area contributed by atoms with E-state index in [-0.39, 0.29) is 24.0 Å². The molecule has 0 unspecified atom stereocenters. The zero-order valence-electron chi connectivity index (χ0n) is 16.8. The zero-order chi connectivity index (χ0) is 21.2. The van der Waals surface area contributed by atoms with E-state index in [2.05, 4.69) is 27.5 Å². The fourth-order valence-corrected chi connectivity index (χ4v) is 2.50. The largest absolute Gasteiger partial charge is 0.508 e. The highest BCUT2D eigenvalue weighted by atomic mass is 16.6. The van der Waals surface area contributed by atoms with Crippen LogP contribution in [-0.2, 0) is 21.1 Å². The third kappa shape index (κ3) is 6.11. The van der Waals surface area contributed by atoms with E-state index in [0.717, 1.165) is 11.1 Å². The van der Waals surface area contributed by atoms with Gasteiger partial charge in [-0.05, 0) is 43.5 Å². The van der Waals surface area contributed by atoms with E-state index in [0.29, 0.717) is 16.8 Å². The van der Waals surface area contributed by atoms with Crippen LogP contribution in [0.2, 0.25) is 0 Å². The highest BCUT2D eigenvalue weighted by Crippen LogP contribution is 2.17. The van der Waals surface area contributed by atoms with Crippen LogP contribution >= 0.6 is 0 Å². The van der Waals surface area contributed by atoms with Crippen molar-refractivity contribution in [3.8, 4) is 17.6 Å². The quantitative estimate of drug-likeness (QED) is 0.448. The van der Waals surface area contributed by atoms with E-state index >= 15 is 0 Å². The van der Waals surface area contributed by atoms with Crippen LogP contribution in [0.4, 0.5) is 0 Å². The molecule has 2 N–H and O–H groups in total. The molecule has 0 aliphatic heterocycles. The molecule has 0 saturated heterocycles. The first-order valence-corrected chi connectivity index (χ1v) is 8.86. The Morgan fingerprint density at radius 1 is 1.21 bits per heavy atom. The van der Waals surface area contributed by atoms with Crippen molar-refractivity contribution in [3.05, 3.63) is 64.7 Å². The van der Waals surface area contributed by atoms with Gasteiger partial charge in [0.15, 0.2) is 5.71 Å². The van der Waals surface area contributed by atoms with Crippen molar-refractivity contribution < 1.29 is 19.6 Å². The minimum Gasteiger partial charge on any atom is -0.508 e. The molecule has 1 amide bonds. The van der Waals surface area contributed by atoms with Crippen molar-refractivity contribution in [2.24, 2.45) is 10.3 Å². The zero-order valence-corrected chi connectivity index (χ0v) is 16.8. The maximum Gasteiger partial charge on any atom is 0.273 e. The van der Waals surface area contributed by atoms with Crippen LogP contribution in [0.3, 0.4) is 0 Å². The third-order valence-electron chi connectivity index (χ3n) is 3.93. The van der Waals surface area contributed by atoms with Crippen LogP contribution in [0.5, 0.6) is 5.75 Å². The first kappa shape index (κ1) is 21.5. The van der Waals surface area contributed by atoms with E-state index in [4.69, 9.17) is 9.68 Å². The number of benzene rings is 2. The maximum absolute atomic E-state index is 12.2. The van der Waals surface area contributed by atoms with Gasteiger partial charge in [0.05, 0.1) is 0 Å². The smallest absolute Gasteiger partial charge is 0.273 e. The van der Waals surface area contributed by atoms with Crippen molar-refractivity contribution in [3.63, 3.8) is 0 Å². The van der Waals surface area contributed by atoms with Gasteiger partial charge in [-0.1, -0.05) is 40.5 Å². The molecule has 0 aromatic heterocycles. The summed E-state index contributed by atoms with van der Waals surface area (Å²) in [5, 5.41) is 19.9. The van der Waals surface area contributed by atoms with Crippen LogP contribution in [-0.4, -0.2) is 36.6 Å². The van der Waals surface area contributed by atoms with Crippen molar-refractivity contribution in [2.45, 2.75) is 20.5 Å². The molecule has 0 saturated carbocycles. The summed E-state index contributed by atoms with van der Waals surface area (Å²) in [6.07, 6.45) is 0. The molecular formula is C22H23N3O4. The molecule has 0 heterocycles. The van der Waals surface area contributed by atoms with Gasteiger partial charge in [-0.15, -0.1) is 0 Å². The highest BCUT2D eigenvalue weighted by Gasteiger charge is 2.19. The molecule has 29 heavy (non-hydrogen) atoms. The number of hydrogen-bond donors (Lipinski definition) is 2. The maximum atomic E-state index is 12.2. The molecule has 2 rings (SSSR count). The normalized spacial score (nSPS) is 11.3. The van der Waals surface area contributed by atoms with Gasteiger partial charge in [0.25, 0.3) is 5.91 Å². The monoisotopic (exact) mass is 393 g/mol. The molecule has 0 spiro atoms. The Morgan fingerprint density at radius 2 is 1.97 bits per heavy atom. The molecule has 2 aromatic carbocycles. The van der Waals surface area contributed by atoms with E-state index in [9.17, 15) is 9.90 Å². The van der Waals surface area contributed by atoms with Crippen LogP contribution in [0.15, 0.2) is 52.8 Å². The van der Waals surface area contributed by atoms with Crippen LogP contribution in [0, 0.1) is 18.8 Å². The standard InChI is InChI=1S/C22H23N3O4/c1-15-7-5-10-19(21(25-28-4)22(27)23-3)20(15)14-29-24-16(2)11-12-17-8-6-9-18(26)13-17/h5-10,13,26H,14H2,1-4H3,(H,23,27)/b24-16+,25-21+. The van der Waals surface area contributed by atoms with E-state index < -0.39 is 0 Å². The first-order chi connectivity index (χ1) is 14.0. The number of phenols is 1. The van der Waals surface area contributed by atoms with Crippen molar-refractivity contribution >= 4 is 17.3 Å². The molecule has 0 fully saturated rings. The molecular weight excluding hydrogens is 370 g/mol. The number of nitrogens with zero attached hydrogens (tertiary/aromatic N) is 2. The second-order valence-electron chi connectivity index (χ2n) is 6.05. The van der Waals surface area contributed by atoms with Gasteiger partial charge in [-0.3, -0.25) is 4.79 Å². The minimum absolute atomic E-state index is 0.132. The summed E-state index contributed by atoms with van der Waals surface area (Å²) in [6.45, 7) is 3.76. The van der Waals surface area contributed by atoms with Gasteiger partial charge in [0.2, 0.25) is 0 Å². The second kappa shape index (κ2) is 10.5. The molecule has 150 valence electrons. The molecule has 7 nitrogen and oxygen atoms in total. The number of oxime groups is 2. The number of rotatable bonds is 6. The fraction of sp³-hybridized carbons (Fsp3) is 0.227. The van der Waals surface area contributed by atoms with Gasteiger partial charge in [0.1, 0.15) is 25.2 Å². The summed E-state index contributed by atoms with van der Waals surface area (Å²) in [7, 11) is 2.91. The summed E-state index contributed by atoms with van der Waals surface area (Å²) < 4.78 is 0. The molecule has 0 radical (unpaired) electrons. The number of aromatic hydroxyl groups is 1. The van der Waals surface area contributed by atoms with Gasteiger partial charge in [0, 0.05) is 23.7 Å². The summed E-state index contributed by atoms with van der Waals surface area (Å²) in [5.41, 5.74) is 3.59. The van der Waals surface area contributed by atoms with Gasteiger partial charge in [-0.25, -0.2) is 0 Å². The molecule has 0 atom stereocenters. The Hall–Kier alpha value is -3.79.